The molecule has 0 spiro atoms. The van der Waals surface area contributed by atoms with E-state index in [-0.39, 0.29) is 0 Å². The Labute approximate surface area is 109 Å². The Bertz CT molecular complexity index is 514. The van der Waals surface area contributed by atoms with Crippen LogP contribution in [0.5, 0.6) is 11.5 Å². The van der Waals surface area contributed by atoms with Crippen molar-refractivity contribution in [3.63, 3.8) is 0 Å². The number of benzene rings is 1. The number of nitrogens with two attached hydrogens (primary N) is 1. The van der Waals surface area contributed by atoms with Crippen molar-refractivity contribution >= 4 is 23.2 Å². The molecule has 0 amide bonds. The lowest BCUT2D eigenvalue weighted by Gasteiger charge is -2.07. The number of nitrogens with zero attached hydrogens (tertiary/aromatic N) is 1. The monoisotopic (exact) mass is 268 g/mol. The highest BCUT2D eigenvalue weighted by molar-refractivity contribution is 6.35. The molecule has 2 rings (SSSR count). The van der Waals surface area contributed by atoms with E-state index >= 15 is 0 Å². The Morgan fingerprint density at radius 3 is 2.59 bits per heavy atom. The van der Waals surface area contributed by atoms with Gasteiger partial charge in [-0.3, -0.25) is 4.98 Å². The van der Waals surface area contributed by atoms with Gasteiger partial charge in [-0.15, -0.1) is 0 Å². The Hall–Kier alpha value is -1.29. The molecule has 0 fully saturated rings. The molecule has 1 aromatic heterocycles. The standard InChI is InChI=1S/C12H10Cl2N2O/c13-8-1-4-12(11(14)5-8)17-10-3-2-9(6-15)16-7-10/h1-5,7H,6,15H2. The minimum absolute atomic E-state index is 0.405. The number of pyridine rings is 1. The van der Waals surface area contributed by atoms with Gasteiger partial charge in [0, 0.05) is 11.6 Å². The van der Waals surface area contributed by atoms with Crippen LogP contribution in [0.3, 0.4) is 0 Å². The van der Waals surface area contributed by atoms with Crippen LogP contribution in [0.1, 0.15) is 5.69 Å². The molecule has 2 aromatic rings. The third kappa shape index (κ3) is 3.09. The number of aromatic nitrogens is 1. The lowest BCUT2D eigenvalue weighted by atomic mass is 10.3. The van der Waals surface area contributed by atoms with Gasteiger partial charge in [-0.05, 0) is 30.3 Å². The van der Waals surface area contributed by atoms with Crippen molar-refractivity contribution in [2.24, 2.45) is 5.73 Å². The summed E-state index contributed by atoms with van der Waals surface area (Å²) < 4.78 is 5.57. The fraction of sp³-hybridized carbons (Fsp3) is 0.0833. The van der Waals surface area contributed by atoms with Crippen LogP contribution in [0.2, 0.25) is 10.0 Å². The first-order valence-electron chi connectivity index (χ1n) is 4.97. The SMILES string of the molecule is NCc1ccc(Oc2ccc(Cl)cc2Cl)cn1. The van der Waals surface area contributed by atoms with Crippen molar-refractivity contribution in [2.75, 3.05) is 0 Å². The Morgan fingerprint density at radius 1 is 1.18 bits per heavy atom. The van der Waals surface area contributed by atoms with Crippen molar-refractivity contribution in [3.05, 3.63) is 52.3 Å². The molecule has 0 atom stereocenters. The van der Waals surface area contributed by atoms with Crippen molar-refractivity contribution < 1.29 is 4.74 Å². The summed E-state index contributed by atoms with van der Waals surface area (Å²) in [7, 11) is 0. The number of halogens is 2. The van der Waals surface area contributed by atoms with E-state index in [1.54, 1.807) is 36.5 Å². The highest BCUT2D eigenvalue weighted by Crippen LogP contribution is 2.31. The summed E-state index contributed by atoms with van der Waals surface area (Å²) in [4.78, 5) is 4.12. The zero-order valence-corrected chi connectivity index (χ0v) is 10.4. The van der Waals surface area contributed by atoms with E-state index in [1.807, 2.05) is 0 Å². The summed E-state index contributed by atoms with van der Waals surface area (Å²) in [6, 6.07) is 8.64. The number of hydrogen-bond acceptors (Lipinski definition) is 3. The van der Waals surface area contributed by atoms with Gasteiger partial charge >= 0.3 is 0 Å². The fourth-order valence-electron chi connectivity index (χ4n) is 1.28. The van der Waals surface area contributed by atoms with Gasteiger partial charge < -0.3 is 10.5 Å². The van der Waals surface area contributed by atoms with Crippen molar-refractivity contribution in [1.82, 2.24) is 4.98 Å². The van der Waals surface area contributed by atoms with Crippen LogP contribution in [0.25, 0.3) is 0 Å². The number of rotatable bonds is 3. The summed E-state index contributed by atoms with van der Waals surface area (Å²) >= 11 is 11.8. The van der Waals surface area contributed by atoms with Gasteiger partial charge in [0.15, 0.2) is 0 Å². The Morgan fingerprint density at radius 2 is 2.00 bits per heavy atom. The molecule has 1 heterocycles. The molecule has 0 unspecified atom stereocenters. The molecule has 0 aliphatic heterocycles. The van der Waals surface area contributed by atoms with Gasteiger partial charge in [-0.1, -0.05) is 23.2 Å². The second-order valence-corrected chi connectivity index (χ2v) is 4.21. The van der Waals surface area contributed by atoms with E-state index in [2.05, 4.69) is 4.98 Å². The maximum Gasteiger partial charge on any atom is 0.146 e. The Balaban J connectivity index is 2.19. The highest BCUT2D eigenvalue weighted by atomic mass is 35.5. The van der Waals surface area contributed by atoms with E-state index in [0.717, 1.165) is 5.69 Å². The molecular weight excluding hydrogens is 259 g/mol. The molecule has 0 aliphatic rings. The van der Waals surface area contributed by atoms with Crippen LogP contribution < -0.4 is 10.5 Å². The Kier molecular flexibility index (Phi) is 3.84. The molecule has 0 saturated carbocycles. The average Bonchev–Trinajstić information content (AvgIpc) is 2.34. The molecule has 17 heavy (non-hydrogen) atoms. The van der Waals surface area contributed by atoms with E-state index in [9.17, 15) is 0 Å². The minimum atomic E-state index is 0.405. The van der Waals surface area contributed by atoms with Crippen LogP contribution in [-0.4, -0.2) is 4.98 Å². The predicted octanol–water partition coefficient (Wildman–Crippen LogP) is 3.64. The molecule has 0 aliphatic carbocycles. The predicted molar refractivity (Wildman–Crippen MR) is 68.7 cm³/mol. The van der Waals surface area contributed by atoms with Gasteiger partial charge in [0.05, 0.1) is 16.9 Å². The third-order valence-corrected chi connectivity index (χ3v) is 2.66. The molecule has 1 aromatic carbocycles. The van der Waals surface area contributed by atoms with Crippen LogP contribution >= 0.6 is 23.2 Å². The zero-order chi connectivity index (χ0) is 12.3. The third-order valence-electron chi connectivity index (χ3n) is 2.13. The van der Waals surface area contributed by atoms with Crippen molar-refractivity contribution in [1.29, 1.82) is 0 Å². The molecule has 0 radical (unpaired) electrons. The van der Waals surface area contributed by atoms with E-state index in [0.29, 0.717) is 28.1 Å². The summed E-state index contributed by atoms with van der Waals surface area (Å²) in [6.45, 7) is 0.405. The van der Waals surface area contributed by atoms with Crippen molar-refractivity contribution in [3.8, 4) is 11.5 Å². The maximum absolute atomic E-state index is 5.99. The van der Waals surface area contributed by atoms with E-state index in [4.69, 9.17) is 33.7 Å². The maximum atomic E-state index is 5.99. The minimum Gasteiger partial charge on any atom is -0.454 e. The van der Waals surface area contributed by atoms with Crippen LogP contribution in [0.15, 0.2) is 36.5 Å². The molecule has 0 bridgehead atoms. The molecule has 2 N–H and O–H groups in total. The van der Waals surface area contributed by atoms with Crippen LogP contribution in [0, 0.1) is 0 Å². The first-order valence-corrected chi connectivity index (χ1v) is 5.72. The van der Waals surface area contributed by atoms with Gasteiger partial charge in [-0.25, -0.2) is 0 Å². The number of ether oxygens (including phenoxy) is 1. The first kappa shape index (κ1) is 12.2. The molecule has 0 saturated heterocycles. The largest absolute Gasteiger partial charge is 0.454 e. The van der Waals surface area contributed by atoms with E-state index < -0.39 is 0 Å². The topological polar surface area (TPSA) is 48.1 Å². The fourth-order valence-corrected chi connectivity index (χ4v) is 1.72. The smallest absolute Gasteiger partial charge is 0.146 e. The molecule has 3 nitrogen and oxygen atoms in total. The van der Waals surface area contributed by atoms with Gasteiger partial charge in [-0.2, -0.15) is 0 Å². The molecule has 5 heteroatoms. The number of hydrogen-bond donors (Lipinski definition) is 1. The lowest BCUT2D eigenvalue weighted by molar-refractivity contribution is 0.480. The van der Waals surface area contributed by atoms with E-state index in [1.165, 1.54) is 0 Å². The average molecular weight is 269 g/mol. The molecular formula is C12H10Cl2N2O. The zero-order valence-electron chi connectivity index (χ0n) is 8.86. The van der Waals surface area contributed by atoms with Gasteiger partial charge in [0.25, 0.3) is 0 Å². The molecule has 88 valence electrons. The van der Waals surface area contributed by atoms with Gasteiger partial charge in [0.2, 0.25) is 0 Å². The normalized spacial score (nSPS) is 10.3. The van der Waals surface area contributed by atoms with Gasteiger partial charge in [0.1, 0.15) is 11.5 Å². The summed E-state index contributed by atoms with van der Waals surface area (Å²) in [5, 5.41) is 1.03. The van der Waals surface area contributed by atoms with Crippen molar-refractivity contribution in [2.45, 2.75) is 6.54 Å². The lowest BCUT2D eigenvalue weighted by Crippen LogP contribution is -1.98. The summed E-state index contributed by atoms with van der Waals surface area (Å²) in [5.41, 5.74) is 6.26. The summed E-state index contributed by atoms with van der Waals surface area (Å²) in [6.07, 6.45) is 1.60. The highest BCUT2D eigenvalue weighted by Gasteiger charge is 2.04. The van der Waals surface area contributed by atoms with Crippen LogP contribution in [-0.2, 0) is 6.54 Å². The second-order valence-electron chi connectivity index (χ2n) is 3.37. The first-order chi connectivity index (χ1) is 8.19. The van der Waals surface area contributed by atoms with Crippen LogP contribution in [0.4, 0.5) is 0 Å². The second kappa shape index (κ2) is 5.36. The summed E-state index contributed by atoms with van der Waals surface area (Å²) in [5.74, 6) is 1.14. The quantitative estimate of drug-likeness (QED) is 0.925.